The van der Waals surface area contributed by atoms with E-state index in [9.17, 15) is 4.79 Å². The first kappa shape index (κ1) is 13.5. The number of carbonyl (C=O) groups is 1. The van der Waals surface area contributed by atoms with Crippen LogP contribution >= 0.6 is 0 Å². The molecule has 1 amide bonds. The van der Waals surface area contributed by atoms with Gasteiger partial charge in [0, 0.05) is 12.5 Å². The number of unbranched alkanes of at least 4 members (excludes halogenated alkanes) is 1. The number of carbonyl (C=O) groups excluding carboxylic acids is 1. The van der Waals surface area contributed by atoms with Crippen LogP contribution in [0, 0.1) is 5.41 Å². The Morgan fingerprint density at radius 3 is 2.50 bits per heavy atom. The number of hydrogen-bond donors (Lipinski definition) is 2. The van der Waals surface area contributed by atoms with Gasteiger partial charge < -0.3 is 11.1 Å². The molecule has 0 saturated heterocycles. The van der Waals surface area contributed by atoms with Crippen molar-refractivity contribution in [2.75, 3.05) is 6.54 Å². The third kappa shape index (κ3) is 4.97. The van der Waals surface area contributed by atoms with Crippen LogP contribution in [0.15, 0.2) is 0 Å². The lowest BCUT2D eigenvalue weighted by molar-refractivity contribution is -0.122. The summed E-state index contributed by atoms with van der Waals surface area (Å²) in [5.74, 6) is 0.207. The molecule has 0 unspecified atom stereocenters. The van der Waals surface area contributed by atoms with Crippen LogP contribution in [0.3, 0.4) is 0 Å². The highest BCUT2D eigenvalue weighted by Crippen LogP contribution is 2.34. The van der Waals surface area contributed by atoms with Crippen LogP contribution in [0.5, 0.6) is 0 Å². The van der Waals surface area contributed by atoms with E-state index in [-0.39, 0.29) is 5.91 Å². The molecule has 94 valence electrons. The lowest BCUT2D eigenvalue weighted by atomic mass is 9.75. The molecule has 1 fully saturated rings. The zero-order chi connectivity index (χ0) is 12.0. The molecule has 0 spiro atoms. The van der Waals surface area contributed by atoms with E-state index < -0.39 is 0 Å². The fraction of sp³-hybridized carbons (Fsp3) is 0.923. The highest BCUT2D eigenvalue weighted by atomic mass is 16.1. The van der Waals surface area contributed by atoms with Crippen LogP contribution in [0.1, 0.15) is 58.8 Å². The smallest absolute Gasteiger partial charge is 0.220 e. The summed E-state index contributed by atoms with van der Waals surface area (Å²) in [6.07, 6.45) is 7.22. The van der Waals surface area contributed by atoms with Gasteiger partial charge in [0.15, 0.2) is 0 Å². The van der Waals surface area contributed by atoms with Gasteiger partial charge in [-0.2, -0.15) is 0 Å². The second-order valence-corrected chi connectivity index (χ2v) is 5.75. The highest BCUT2D eigenvalue weighted by molar-refractivity contribution is 5.76. The van der Waals surface area contributed by atoms with Crippen molar-refractivity contribution < 1.29 is 4.79 Å². The summed E-state index contributed by atoms with van der Waals surface area (Å²) >= 11 is 0. The molecule has 0 heterocycles. The van der Waals surface area contributed by atoms with Crippen LogP contribution < -0.4 is 11.1 Å². The summed E-state index contributed by atoms with van der Waals surface area (Å²) in [5, 5.41) is 3.14. The van der Waals surface area contributed by atoms with Crippen molar-refractivity contribution >= 4 is 5.91 Å². The minimum atomic E-state index is 0.207. The van der Waals surface area contributed by atoms with Crippen molar-refractivity contribution in [3.05, 3.63) is 0 Å². The third-order valence-electron chi connectivity index (χ3n) is 3.56. The predicted molar refractivity (Wildman–Crippen MR) is 67.1 cm³/mol. The third-order valence-corrected chi connectivity index (χ3v) is 3.56. The minimum absolute atomic E-state index is 0.207. The summed E-state index contributed by atoms with van der Waals surface area (Å²) in [7, 11) is 0. The summed E-state index contributed by atoms with van der Waals surface area (Å²) in [5.41, 5.74) is 5.87. The monoisotopic (exact) mass is 226 g/mol. The van der Waals surface area contributed by atoms with Gasteiger partial charge in [0.2, 0.25) is 5.91 Å². The van der Waals surface area contributed by atoms with Crippen LogP contribution in [0.4, 0.5) is 0 Å². The summed E-state index contributed by atoms with van der Waals surface area (Å²) < 4.78 is 0. The lowest BCUT2D eigenvalue weighted by Crippen LogP contribution is -2.39. The fourth-order valence-corrected chi connectivity index (χ4v) is 2.27. The van der Waals surface area contributed by atoms with Crippen molar-refractivity contribution in [3.8, 4) is 0 Å². The molecule has 0 aromatic rings. The van der Waals surface area contributed by atoms with E-state index in [0.29, 0.717) is 24.4 Å². The molecule has 3 N–H and O–H groups in total. The summed E-state index contributed by atoms with van der Waals surface area (Å²) in [6.45, 7) is 5.31. The van der Waals surface area contributed by atoms with Crippen LogP contribution in [0.25, 0.3) is 0 Å². The van der Waals surface area contributed by atoms with E-state index in [2.05, 4.69) is 19.2 Å². The molecule has 0 atom stereocenters. The first-order chi connectivity index (χ1) is 7.53. The van der Waals surface area contributed by atoms with E-state index in [1.54, 1.807) is 0 Å². The van der Waals surface area contributed by atoms with Crippen molar-refractivity contribution in [2.24, 2.45) is 11.1 Å². The van der Waals surface area contributed by atoms with Gasteiger partial charge in [0.1, 0.15) is 0 Å². The van der Waals surface area contributed by atoms with E-state index in [1.807, 2.05) is 0 Å². The Balaban J connectivity index is 2.16. The van der Waals surface area contributed by atoms with Gasteiger partial charge in [-0.25, -0.2) is 0 Å². The number of hydrogen-bond acceptors (Lipinski definition) is 2. The molecular formula is C13H26N2O. The first-order valence-electron chi connectivity index (χ1n) is 6.53. The molecule has 1 saturated carbocycles. The number of rotatable bonds is 5. The second-order valence-electron chi connectivity index (χ2n) is 5.75. The molecular weight excluding hydrogens is 200 g/mol. The zero-order valence-corrected chi connectivity index (χ0v) is 10.7. The van der Waals surface area contributed by atoms with Gasteiger partial charge >= 0.3 is 0 Å². The Labute approximate surface area is 99.2 Å². The molecule has 1 aliphatic rings. The average molecular weight is 226 g/mol. The molecule has 1 aliphatic carbocycles. The number of amides is 1. The van der Waals surface area contributed by atoms with Crippen LogP contribution in [-0.2, 0) is 4.79 Å². The average Bonchev–Trinajstić information content (AvgIpc) is 2.22. The largest absolute Gasteiger partial charge is 0.353 e. The predicted octanol–water partition coefficient (Wildman–Crippen LogP) is 2.20. The molecule has 0 radical (unpaired) electrons. The van der Waals surface area contributed by atoms with Gasteiger partial charge in [-0.05, 0) is 50.5 Å². The molecule has 0 aliphatic heterocycles. The van der Waals surface area contributed by atoms with Crippen molar-refractivity contribution in [2.45, 2.75) is 64.8 Å². The van der Waals surface area contributed by atoms with E-state index in [0.717, 1.165) is 25.7 Å². The van der Waals surface area contributed by atoms with E-state index >= 15 is 0 Å². The Morgan fingerprint density at radius 1 is 1.31 bits per heavy atom. The maximum absolute atomic E-state index is 11.6. The Kier molecular flexibility index (Phi) is 5.26. The van der Waals surface area contributed by atoms with Crippen LogP contribution in [0.2, 0.25) is 0 Å². The SMILES string of the molecule is CC1(C)CCC(NC(=O)CCCCN)CC1. The standard InChI is InChI=1S/C13H26N2O/c1-13(2)8-6-11(7-9-13)15-12(16)5-3-4-10-14/h11H,3-10,14H2,1-2H3,(H,15,16). The zero-order valence-electron chi connectivity index (χ0n) is 10.7. The van der Waals surface area contributed by atoms with Gasteiger partial charge in [-0.3, -0.25) is 4.79 Å². The Morgan fingerprint density at radius 2 is 1.94 bits per heavy atom. The summed E-state index contributed by atoms with van der Waals surface area (Å²) in [6, 6.07) is 0.415. The van der Waals surface area contributed by atoms with Gasteiger partial charge in [-0.1, -0.05) is 13.8 Å². The topological polar surface area (TPSA) is 55.1 Å². The first-order valence-corrected chi connectivity index (χ1v) is 6.53. The Bertz CT molecular complexity index is 216. The van der Waals surface area contributed by atoms with Crippen molar-refractivity contribution in [1.82, 2.24) is 5.32 Å². The van der Waals surface area contributed by atoms with Gasteiger partial charge in [0.05, 0.1) is 0 Å². The normalized spacial score (nSPS) is 20.7. The van der Waals surface area contributed by atoms with Crippen molar-refractivity contribution in [1.29, 1.82) is 0 Å². The maximum atomic E-state index is 11.6. The molecule has 16 heavy (non-hydrogen) atoms. The highest BCUT2D eigenvalue weighted by Gasteiger charge is 2.27. The molecule has 3 heteroatoms. The molecule has 0 aromatic heterocycles. The summed E-state index contributed by atoms with van der Waals surface area (Å²) in [4.78, 5) is 11.6. The fourth-order valence-electron chi connectivity index (χ4n) is 2.27. The number of nitrogens with two attached hydrogens (primary N) is 1. The minimum Gasteiger partial charge on any atom is -0.353 e. The molecule has 1 rings (SSSR count). The van der Waals surface area contributed by atoms with E-state index in [4.69, 9.17) is 5.73 Å². The Hall–Kier alpha value is -0.570. The molecule has 3 nitrogen and oxygen atoms in total. The second kappa shape index (κ2) is 6.24. The maximum Gasteiger partial charge on any atom is 0.220 e. The lowest BCUT2D eigenvalue weighted by Gasteiger charge is -2.34. The van der Waals surface area contributed by atoms with E-state index in [1.165, 1.54) is 12.8 Å². The van der Waals surface area contributed by atoms with Crippen molar-refractivity contribution in [3.63, 3.8) is 0 Å². The molecule has 0 aromatic carbocycles. The number of nitrogens with one attached hydrogen (secondary N) is 1. The van der Waals surface area contributed by atoms with Crippen LogP contribution in [-0.4, -0.2) is 18.5 Å². The molecule has 0 bridgehead atoms. The van der Waals surface area contributed by atoms with Gasteiger partial charge in [-0.15, -0.1) is 0 Å². The quantitative estimate of drug-likeness (QED) is 0.706. The van der Waals surface area contributed by atoms with Gasteiger partial charge in [0.25, 0.3) is 0 Å².